The summed E-state index contributed by atoms with van der Waals surface area (Å²) in [5.74, 6) is -1.43. The van der Waals surface area contributed by atoms with Crippen LogP contribution in [-0.4, -0.2) is 32.3 Å². The molecule has 2 rings (SSSR count). The molecule has 0 aliphatic heterocycles. The topological polar surface area (TPSA) is 132 Å². The lowest BCUT2D eigenvalue weighted by Gasteiger charge is -2.10. The van der Waals surface area contributed by atoms with Crippen molar-refractivity contribution < 1.29 is 22.6 Å². The Kier molecular flexibility index (Phi) is 5.55. The minimum atomic E-state index is -3.70. The number of furan rings is 1. The van der Waals surface area contributed by atoms with Gasteiger partial charge in [-0.05, 0) is 37.1 Å². The van der Waals surface area contributed by atoms with E-state index in [1.165, 1.54) is 6.07 Å². The minimum absolute atomic E-state index is 0.00256. The standard InChI is InChI=1S/C15H17N3O6S/c1-10-3-4-11(2)13(9-10)25(22,23)17-8-7-16-15(19)12-5-6-14(24-12)18(20)21/h3-6,9,17H,7-8H2,1-2H3,(H,16,19). The average Bonchev–Trinajstić information content (AvgIpc) is 3.04. The van der Waals surface area contributed by atoms with Crippen LogP contribution in [0.2, 0.25) is 0 Å². The third kappa shape index (κ3) is 4.64. The number of aryl methyl sites for hydroxylation is 2. The van der Waals surface area contributed by atoms with Gasteiger partial charge >= 0.3 is 5.88 Å². The van der Waals surface area contributed by atoms with Gasteiger partial charge in [-0.2, -0.15) is 0 Å². The number of nitro groups is 1. The molecule has 0 bridgehead atoms. The van der Waals surface area contributed by atoms with E-state index in [4.69, 9.17) is 4.42 Å². The number of hydrogen-bond donors (Lipinski definition) is 2. The Hall–Kier alpha value is -2.72. The van der Waals surface area contributed by atoms with Crippen LogP contribution in [0.25, 0.3) is 0 Å². The molecule has 1 heterocycles. The predicted octanol–water partition coefficient (Wildman–Crippen LogP) is 1.51. The maximum atomic E-state index is 12.3. The number of amides is 1. The number of carbonyl (C=O) groups is 1. The van der Waals surface area contributed by atoms with Gasteiger partial charge < -0.3 is 9.73 Å². The van der Waals surface area contributed by atoms with Crippen molar-refractivity contribution in [3.05, 3.63) is 57.3 Å². The van der Waals surface area contributed by atoms with Crippen LogP contribution in [-0.2, 0) is 10.0 Å². The summed E-state index contributed by atoms with van der Waals surface area (Å²) in [4.78, 5) is 21.7. The van der Waals surface area contributed by atoms with Crippen LogP contribution in [0.4, 0.5) is 5.88 Å². The summed E-state index contributed by atoms with van der Waals surface area (Å²) in [6.07, 6.45) is 0. The first-order chi connectivity index (χ1) is 11.7. The number of sulfonamides is 1. The Morgan fingerprint density at radius 3 is 2.56 bits per heavy atom. The third-order valence-corrected chi connectivity index (χ3v) is 4.93. The Morgan fingerprint density at radius 2 is 1.92 bits per heavy atom. The number of hydrogen-bond acceptors (Lipinski definition) is 6. The molecule has 0 fully saturated rings. The molecular formula is C15H17N3O6S. The van der Waals surface area contributed by atoms with Crippen LogP contribution >= 0.6 is 0 Å². The Morgan fingerprint density at radius 1 is 1.20 bits per heavy atom. The van der Waals surface area contributed by atoms with Gasteiger partial charge in [0.15, 0.2) is 5.76 Å². The summed E-state index contributed by atoms with van der Waals surface area (Å²) in [7, 11) is -3.70. The molecule has 0 saturated heterocycles. The second-order valence-electron chi connectivity index (χ2n) is 5.32. The fourth-order valence-corrected chi connectivity index (χ4v) is 3.43. The van der Waals surface area contributed by atoms with Crippen LogP contribution in [0.15, 0.2) is 39.6 Å². The lowest BCUT2D eigenvalue weighted by Crippen LogP contribution is -2.34. The first-order valence-corrected chi connectivity index (χ1v) is 8.78. The summed E-state index contributed by atoms with van der Waals surface area (Å²) in [6, 6.07) is 7.34. The molecule has 9 nitrogen and oxygen atoms in total. The van der Waals surface area contributed by atoms with Crippen molar-refractivity contribution in [2.75, 3.05) is 13.1 Å². The molecule has 0 aliphatic rings. The largest absolute Gasteiger partial charge is 0.433 e. The van der Waals surface area contributed by atoms with Crippen molar-refractivity contribution in [2.45, 2.75) is 18.7 Å². The lowest BCUT2D eigenvalue weighted by atomic mass is 10.2. The molecule has 0 unspecified atom stereocenters. The van der Waals surface area contributed by atoms with Gasteiger partial charge in [0.2, 0.25) is 10.0 Å². The van der Waals surface area contributed by atoms with Crippen molar-refractivity contribution in [1.29, 1.82) is 0 Å². The normalized spacial score (nSPS) is 11.3. The van der Waals surface area contributed by atoms with Gasteiger partial charge in [0.25, 0.3) is 5.91 Å². The van der Waals surface area contributed by atoms with Crippen LogP contribution in [0.1, 0.15) is 21.7 Å². The maximum Gasteiger partial charge on any atom is 0.433 e. The number of nitrogens with zero attached hydrogens (tertiary/aromatic N) is 1. The SMILES string of the molecule is Cc1ccc(C)c(S(=O)(=O)NCCNC(=O)c2ccc([N+](=O)[O-])o2)c1. The van der Waals surface area contributed by atoms with Gasteiger partial charge in [0.1, 0.15) is 4.92 Å². The van der Waals surface area contributed by atoms with Gasteiger partial charge in [-0.15, -0.1) is 0 Å². The number of rotatable bonds is 7. The van der Waals surface area contributed by atoms with Crippen molar-refractivity contribution in [3.63, 3.8) is 0 Å². The van der Waals surface area contributed by atoms with E-state index in [1.807, 2.05) is 6.07 Å². The first kappa shape index (κ1) is 18.6. The summed E-state index contributed by atoms with van der Waals surface area (Å²) < 4.78 is 31.7. The molecule has 25 heavy (non-hydrogen) atoms. The van der Waals surface area contributed by atoms with Gasteiger partial charge in [0, 0.05) is 13.1 Å². The summed E-state index contributed by atoms with van der Waals surface area (Å²) in [5, 5.41) is 12.9. The molecule has 0 spiro atoms. The molecule has 2 aromatic rings. The fourth-order valence-electron chi connectivity index (χ4n) is 2.07. The molecule has 134 valence electrons. The van der Waals surface area contributed by atoms with E-state index >= 15 is 0 Å². The molecule has 0 radical (unpaired) electrons. The van der Waals surface area contributed by atoms with E-state index in [-0.39, 0.29) is 23.7 Å². The molecule has 2 N–H and O–H groups in total. The highest BCUT2D eigenvalue weighted by Gasteiger charge is 2.18. The molecule has 1 amide bonds. The van der Waals surface area contributed by atoms with Crippen molar-refractivity contribution in [1.82, 2.24) is 10.0 Å². The van der Waals surface area contributed by atoms with E-state index < -0.39 is 26.7 Å². The van der Waals surface area contributed by atoms with Crippen LogP contribution in [0, 0.1) is 24.0 Å². The zero-order valence-electron chi connectivity index (χ0n) is 13.6. The summed E-state index contributed by atoms with van der Waals surface area (Å²) in [6.45, 7) is 3.45. The highest BCUT2D eigenvalue weighted by Crippen LogP contribution is 2.16. The molecule has 1 aromatic heterocycles. The first-order valence-electron chi connectivity index (χ1n) is 7.30. The molecule has 1 aromatic carbocycles. The van der Waals surface area contributed by atoms with Gasteiger partial charge in [-0.3, -0.25) is 14.9 Å². The summed E-state index contributed by atoms with van der Waals surface area (Å²) in [5.41, 5.74) is 1.43. The van der Waals surface area contributed by atoms with Crippen LogP contribution in [0.3, 0.4) is 0 Å². The minimum Gasteiger partial charge on any atom is -0.395 e. The molecule has 10 heteroatoms. The second kappa shape index (κ2) is 7.45. The maximum absolute atomic E-state index is 12.3. The van der Waals surface area contributed by atoms with Gasteiger partial charge in [-0.1, -0.05) is 12.1 Å². The zero-order chi connectivity index (χ0) is 18.6. The molecule has 0 saturated carbocycles. The number of carbonyl (C=O) groups excluding carboxylic acids is 1. The van der Waals surface area contributed by atoms with E-state index in [2.05, 4.69) is 10.0 Å². The molecular weight excluding hydrogens is 350 g/mol. The van der Waals surface area contributed by atoms with Crippen molar-refractivity contribution in [2.24, 2.45) is 0 Å². The van der Waals surface area contributed by atoms with Crippen molar-refractivity contribution >= 4 is 21.8 Å². The van der Waals surface area contributed by atoms with Gasteiger partial charge in [-0.25, -0.2) is 13.1 Å². The summed E-state index contributed by atoms with van der Waals surface area (Å²) >= 11 is 0. The molecule has 0 atom stereocenters. The second-order valence-corrected chi connectivity index (χ2v) is 7.05. The molecule has 0 aliphatic carbocycles. The van der Waals surface area contributed by atoms with E-state index in [0.29, 0.717) is 5.56 Å². The Balaban J connectivity index is 1.90. The smallest absolute Gasteiger partial charge is 0.395 e. The van der Waals surface area contributed by atoms with Crippen LogP contribution in [0.5, 0.6) is 0 Å². The van der Waals surface area contributed by atoms with E-state index in [1.54, 1.807) is 26.0 Å². The van der Waals surface area contributed by atoms with E-state index in [9.17, 15) is 23.3 Å². The number of nitrogens with one attached hydrogen (secondary N) is 2. The Labute approximate surface area is 144 Å². The highest BCUT2D eigenvalue weighted by molar-refractivity contribution is 7.89. The predicted molar refractivity (Wildman–Crippen MR) is 88.8 cm³/mol. The van der Waals surface area contributed by atoms with E-state index in [0.717, 1.165) is 11.6 Å². The van der Waals surface area contributed by atoms with Gasteiger partial charge in [0.05, 0.1) is 11.0 Å². The fraction of sp³-hybridized carbons (Fsp3) is 0.267. The third-order valence-electron chi connectivity index (χ3n) is 3.33. The Bertz CT molecular complexity index is 904. The monoisotopic (exact) mass is 367 g/mol. The number of benzene rings is 1. The van der Waals surface area contributed by atoms with Crippen molar-refractivity contribution in [3.8, 4) is 0 Å². The highest BCUT2D eigenvalue weighted by atomic mass is 32.2. The average molecular weight is 367 g/mol. The quantitative estimate of drug-likeness (QED) is 0.433. The lowest BCUT2D eigenvalue weighted by molar-refractivity contribution is -0.402. The zero-order valence-corrected chi connectivity index (χ0v) is 14.4. The van der Waals surface area contributed by atoms with Crippen LogP contribution < -0.4 is 10.0 Å².